The summed E-state index contributed by atoms with van der Waals surface area (Å²) >= 11 is 3.92. The first kappa shape index (κ1) is 14.1. The van der Waals surface area contributed by atoms with E-state index in [0.29, 0.717) is 5.41 Å². The minimum Gasteiger partial charge on any atom is -0.0891 e. The van der Waals surface area contributed by atoms with Gasteiger partial charge in [0.25, 0.3) is 0 Å². The van der Waals surface area contributed by atoms with E-state index < -0.39 is 0 Å². The second-order valence-electron chi connectivity index (χ2n) is 9.11. The van der Waals surface area contributed by atoms with E-state index in [1.807, 2.05) is 0 Å². The van der Waals surface area contributed by atoms with Crippen LogP contribution in [0.1, 0.15) is 78.1 Å². The van der Waals surface area contributed by atoms with E-state index in [2.05, 4.69) is 29.8 Å². The van der Waals surface area contributed by atoms with Crippen molar-refractivity contribution < 1.29 is 0 Å². The molecule has 114 valence electrons. The smallest absolute Gasteiger partial charge is 0.0148 e. The predicted octanol–water partition coefficient (Wildman–Crippen LogP) is 6.18. The van der Waals surface area contributed by atoms with Gasteiger partial charge in [-0.05, 0) is 92.3 Å². The fraction of sp³-hybridized carbons (Fsp3) is 1.00. The molecule has 0 unspecified atom stereocenters. The number of fused-ring (bicyclic) bond motifs is 5. The van der Waals surface area contributed by atoms with Crippen LogP contribution in [0.25, 0.3) is 0 Å². The third kappa shape index (κ3) is 1.90. The van der Waals surface area contributed by atoms with Gasteiger partial charge in [-0.15, -0.1) is 0 Å². The van der Waals surface area contributed by atoms with Crippen LogP contribution in [0.3, 0.4) is 0 Å². The molecule has 4 fully saturated rings. The molecule has 4 rings (SSSR count). The SMILES string of the molecule is C[C@@]12CCC[C@@H]1[C@H]1CC[C@H]3C[C@H](Br)CC[C@]3(C)[C@@H]1CC2. The first-order valence-electron chi connectivity index (χ1n) is 9.17. The maximum Gasteiger partial charge on any atom is 0.0148 e. The minimum atomic E-state index is 0.692. The summed E-state index contributed by atoms with van der Waals surface area (Å²) < 4.78 is 0. The van der Waals surface area contributed by atoms with Gasteiger partial charge in [-0.2, -0.15) is 0 Å². The fourth-order valence-electron chi connectivity index (χ4n) is 7.20. The molecule has 7 atom stereocenters. The van der Waals surface area contributed by atoms with Crippen molar-refractivity contribution in [2.45, 2.75) is 82.9 Å². The molecule has 0 nitrogen and oxygen atoms in total. The first-order valence-corrected chi connectivity index (χ1v) is 10.1. The molecule has 4 aliphatic rings. The van der Waals surface area contributed by atoms with Crippen molar-refractivity contribution in [1.29, 1.82) is 0 Å². The van der Waals surface area contributed by atoms with E-state index in [1.165, 1.54) is 38.5 Å². The van der Waals surface area contributed by atoms with E-state index in [1.54, 1.807) is 25.7 Å². The highest BCUT2D eigenvalue weighted by Gasteiger charge is 2.57. The number of halogens is 1. The Bertz CT molecular complexity index is 391. The van der Waals surface area contributed by atoms with Crippen LogP contribution in [0.4, 0.5) is 0 Å². The lowest BCUT2D eigenvalue weighted by atomic mass is 9.45. The van der Waals surface area contributed by atoms with Crippen LogP contribution in [0.15, 0.2) is 0 Å². The molecule has 0 heterocycles. The van der Waals surface area contributed by atoms with Gasteiger partial charge in [-0.1, -0.05) is 36.2 Å². The van der Waals surface area contributed by atoms with Crippen molar-refractivity contribution in [3.8, 4) is 0 Å². The van der Waals surface area contributed by atoms with Crippen molar-refractivity contribution in [3.05, 3.63) is 0 Å². The molecule has 0 aliphatic heterocycles. The zero-order valence-corrected chi connectivity index (χ0v) is 14.9. The van der Waals surface area contributed by atoms with Crippen LogP contribution in [-0.4, -0.2) is 4.83 Å². The van der Waals surface area contributed by atoms with Gasteiger partial charge in [0.1, 0.15) is 0 Å². The Morgan fingerprint density at radius 2 is 1.70 bits per heavy atom. The average Bonchev–Trinajstić information content (AvgIpc) is 2.81. The highest BCUT2D eigenvalue weighted by Crippen LogP contribution is 2.66. The monoisotopic (exact) mass is 338 g/mol. The summed E-state index contributed by atoms with van der Waals surface area (Å²) in [5.41, 5.74) is 1.42. The molecule has 0 saturated heterocycles. The molecule has 0 aromatic carbocycles. The molecule has 0 aromatic heterocycles. The molecule has 0 aromatic rings. The Kier molecular flexibility index (Phi) is 3.34. The summed E-state index contributed by atoms with van der Waals surface area (Å²) in [7, 11) is 0. The zero-order valence-electron chi connectivity index (χ0n) is 13.3. The molecule has 4 aliphatic carbocycles. The molecule has 20 heavy (non-hydrogen) atoms. The maximum atomic E-state index is 3.92. The molecule has 4 saturated carbocycles. The number of rotatable bonds is 0. The van der Waals surface area contributed by atoms with Crippen LogP contribution < -0.4 is 0 Å². The minimum absolute atomic E-state index is 0.692. The Morgan fingerprint density at radius 3 is 2.55 bits per heavy atom. The third-order valence-corrected chi connectivity index (χ3v) is 9.21. The topological polar surface area (TPSA) is 0 Å². The van der Waals surface area contributed by atoms with Crippen LogP contribution in [0.5, 0.6) is 0 Å². The van der Waals surface area contributed by atoms with Gasteiger partial charge in [-0.25, -0.2) is 0 Å². The van der Waals surface area contributed by atoms with Gasteiger partial charge in [-0.3, -0.25) is 0 Å². The Morgan fingerprint density at radius 1 is 0.850 bits per heavy atom. The highest BCUT2D eigenvalue weighted by atomic mass is 79.9. The lowest BCUT2D eigenvalue weighted by molar-refractivity contribution is -0.102. The maximum absolute atomic E-state index is 3.92. The van der Waals surface area contributed by atoms with E-state index in [0.717, 1.165) is 33.9 Å². The zero-order chi connectivity index (χ0) is 14.0. The molecular formula is C19H31Br. The molecule has 0 radical (unpaired) electrons. The normalized spacial score (nSPS) is 58.6. The Hall–Kier alpha value is 0.480. The van der Waals surface area contributed by atoms with E-state index >= 15 is 0 Å². The van der Waals surface area contributed by atoms with Gasteiger partial charge >= 0.3 is 0 Å². The molecule has 1 heteroatoms. The second-order valence-corrected chi connectivity index (χ2v) is 10.4. The van der Waals surface area contributed by atoms with E-state index in [4.69, 9.17) is 0 Å². The summed E-state index contributed by atoms with van der Waals surface area (Å²) in [6, 6.07) is 0. The number of alkyl halides is 1. The number of hydrogen-bond donors (Lipinski definition) is 0. The molecule has 0 amide bonds. The van der Waals surface area contributed by atoms with Crippen molar-refractivity contribution in [2.24, 2.45) is 34.5 Å². The fourth-order valence-corrected chi connectivity index (χ4v) is 7.88. The highest BCUT2D eigenvalue weighted by molar-refractivity contribution is 9.09. The molecule has 0 N–H and O–H groups in total. The van der Waals surface area contributed by atoms with Gasteiger partial charge in [0, 0.05) is 4.83 Å². The van der Waals surface area contributed by atoms with Crippen molar-refractivity contribution in [1.82, 2.24) is 0 Å². The molecule has 0 bridgehead atoms. The summed E-state index contributed by atoms with van der Waals surface area (Å²) in [5, 5.41) is 0. The summed E-state index contributed by atoms with van der Waals surface area (Å²) in [4.78, 5) is 0.817. The van der Waals surface area contributed by atoms with Gasteiger partial charge in [0.15, 0.2) is 0 Å². The Labute approximate surface area is 133 Å². The largest absolute Gasteiger partial charge is 0.0891 e. The quantitative estimate of drug-likeness (QED) is 0.462. The summed E-state index contributed by atoms with van der Waals surface area (Å²) in [6.45, 7) is 5.32. The standard InChI is InChI=1S/C19H31Br/c1-18-9-3-4-16(18)15-6-5-13-12-14(20)7-11-19(13,2)17(15)8-10-18/h13-17H,3-12H2,1-2H3/t13-,14+,15+,16+,17+,18-,19-/m0/s1. The van der Waals surface area contributed by atoms with Gasteiger partial charge in [0.05, 0.1) is 0 Å². The lowest BCUT2D eigenvalue weighted by Crippen LogP contribution is -2.52. The first-order chi connectivity index (χ1) is 9.53. The third-order valence-electron chi connectivity index (χ3n) is 8.38. The van der Waals surface area contributed by atoms with E-state index in [-0.39, 0.29) is 0 Å². The van der Waals surface area contributed by atoms with E-state index in [9.17, 15) is 0 Å². The summed E-state index contributed by atoms with van der Waals surface area (Å²) in [5.74, 6) is 4.26. The van der Waals surface area contributed by atoms with Crippen molar-refractivity contribution >= 4 is 15.9 Å². The molecule has 0 spiro atoms. The van der Waals surface area contributed by atoms with Crippen LogP contribution in [0, 0.1) is 34.5 Å². The Balaban J connectivity index is 1.62. The lowest BCUT2D eigenvalue weighted by Gasteiger charge is -2.60. The van der Waals surface area contributed by atoms with Gasteiger partial charge < -0.3 is 0 Å². The molecular weight excluding hydrogens is 308 g/mol. The van der Waals surface area contributed by atoms with Gasteiger partial charge in [0.2, 0.25) is 0 Å². The average molecular weight is 339 g/mol. The van der Waals surface area contributed by atoms with Crippen LogP contribution in [-0.2, 0) is 0 Å². The van der Waals surface area contributed by atoms with Crippen molar-refractivity contribution in [3.63, 3.8) is 0 Å². The number of hydrogen-bond acceptors (Lipinski definition) is 0. The van der Waals surface area contributed by atoms with Crippen molar-refractivity contribution in [2.75, 3.05) is 0 Å². The summed E-state index contributed by atoms with van der Waals surface area (Å²) in [6.07, 6.45) is 15.2. The predicted molar refractivity (Wildman–Crippen MR) is 89.1 cm³/mol. The second kappa shape index (κ2) is 4.74. The van der Waals surface area contributed by atoms with Crippen LogP contribution >= 0.6 is 15.9 Å². The van der Waals surface area contributed by atoms with Crippen LogP contribution in [0.2, 0.25) is 0 Å².